The van der Waals surface area contributed by atoms with Crippen molar-refractivity contribution in [2.75, 3.05) is 19.1 Å². The van der Waals surface area contributed by atoms with E-state index in [0.29, 0.717) is 28.3 Å². The Morgan fingerprint density at radius 1 is 0.820 bits per heavy atom. The molecule has 50 heavy (non-hydrogen) atoms. The summed E-state index contributed by atoms with van der Waals surface area (Å²) in [6, 6.07) is 18.8. The molecule has 10 heteroatoms. The molecule has 0 spiro atoms. The van der Waals surface area contributed by atoms with Crippen LogP contribution in [-0.4, -0.2) is 53.9 Å². The summed E-state index contributed by atoms with van der Waals surface area (Å²) in [4.78, 5) is 61.9. The topological polar surface area (TPSA) is 113 Å². The zero-order valence-corrected chi connectivity index (χ0v) is 28.8. The summed E-state index contributed by atoms with van der Waals surface area (Å²) in [6.45, 7) is 0. The minimum Gasteiger partial charge on any atom is -0.508 e. The van der Waals surface area contributed by atoms with E-state index in [0.717, 1.165) is 37.7 Å². The van der Waals surface area contributed by atoms with E-state index in [1.165, 1.54) is 31.3 Å². The molecular formula is C40H39ClN2O7. The number of halogens is 1. The molecule has 3 aromatic rings. The van der Waals surface area contributed by atoms with Gasteiger partial charge in [-0.05, 0) is 55.4 Å². The first-order chi connectivity index (χ1) is 24.2. The lowest BCUT2D eigenvalue weighted by Crippen LogP contribution is -2.53. The molecule has 4 fully saturated rings. The van der Waals surface area contributed by atoms with E-state index in [4.69, 9.17) is 21.1 Å². The first-order valence-corrected chi connectivity index (χ1v) is 17.8. The lowest BCUT2D eigenvalue weighted by atomic mass is 9.49. The number of ether oxygens (including phenoxy) is 2. The molecule has 258 valence electrons. The Kier molecular flexibility index (Phi) is 8.01. The van der Waals surface area contributed by atoms with Gasteiger partial charge in [-0.2, -0.15) is 0 Å². The Morgan fingerprint density at radius 2 is 1.52 bits per heavy atom. The first-order valence-electron chi connectivity index (χ1n) is 17.4. The number of phenolic OH excluding ortho intramolecular Hbond substituents is 1. The van der Waals surface area contributed by atoms with Crippen molar-refractivity contribution in [3.63, 3.8) is 0 Å². The highest BCUT2D eigenvalue weighted by Gasteiger charge is 2.71. The van der Waals surface area contributed by atoms with Crippen molar-refractivity contribution >= 4 is 40.9 Å². The second kappa shape index (κ2) is 12.3. The Hall–Kier alpha value is -4.63. The van der Waals surface area contributed by atoms with Gasteiger partial charge in [-0.3, -0.25) is 24.1 Å². The van der Waals surface area contributed by atoms with Gasteiger partial charge >= 0.3 is 0 Å². The minimum atomic E-state index is -1.50. The Labute approximate surface area is 295 Å². The van der Waals surface area contributed by atoms with Crippen LogP contribution in [0.3, 0.4) is 0 Å². The van der Waals surface area contributed by atoms with Crippen molar-refractivity contribution in [3.8, 4) is 17.2 Å². The number of allylic oxidation sites excluding steroid dienone is 2. The predicted octanol–water partition coefficient (Wildman–Crippen LogP) is 6.56. The van der Waals surface area contributed by atoms with Crippen molar-refractivity contribution in [2.45, 2.75) is 62.3 Å². The third kappa shape index (κ3) is 4.58. The van der Waals surface area contributed by atoms with Crippen LogP contribution in [0.4, 0.5) is 5.69 Å². The van der Waals surface area contributed by atoms with E-state index in [1.54, 1.807) is 29.2 Å². The van der Waals surface area contributed by atoms with Gasteiger partial charge in [0.15, 0.2) is 0 Å². The molecule has 2 saturated carbocycles. The minimum absolute atomic E-state index is 0.0909. The lowest BCUT2D eigenvalue weighted by molar-refractivity contribution is -0.143. The Balaban J connectivity index is 1.39. The van der Waals surface area contributed by atoms with Crippen LogP contribution in [0.15, 0.2) is 78.4 Å². The molecule has 0 bridgehead atoms. The number of carbonyl (C=O) groups is 4. The lowest BCUT2D eigenvalue weighted by Gasteiger charge is -2.51. The standard InChI is InChI=1S/C40H39ClN2O7/c1-49-31-19-26(44)20-32(50-2)34(31)35-27-16-17-28-33(38(47)42(36(28)45)24-13-7-4-8-14-24)29(27)21-30-37(46)43(25-15-9-12-23(41)18-25)39(48)40(30,35)22-10-5-3-6-11-22/h3,5-6,9-12,15-16,18-20,24,28-30,33,35,44H,4,7-8,13-14,17,21H2,1-2H3. The highest BCUT2D eigenvalue weighted by atomic mass is 35.5. The molecule has 0 aromatic heterocycles. The Bertz CT molecular complexity index is 1910. The fourth-order valence-corrected chi connectivity index (χ4v) is 10.2. The van der Waals surface area contributed by atoms with Crippen LogP contribution in [0.25, 0.3) is 0 Å². The average molecular weight is 695 g/mol. The number of methoxy groups -OCH3 is 2. The number of likely N-dealkylation sites (tertiary alicyclic amines) is 1. The van der Waals surface area contributed by atoms with Gasteiger partial charge < -0.3 is 14.6 Å². The van der Waals surface area contributed by atoms with Gasteiger partial charge in [-0.15, -0.1) is 0 Å². The highest BCUT2D eigenvalue weighted by molar-refractivity contribution is 6.32. The predicted molar refractivity (Wildman–Crippen MR) is 186 cm³/mol. The van der Waals surface area contributed by atoms with Crippen LogP contribution >= 0.6 is 11.6 Å². The summed E-state index contributed by atoms with van der Waals surface area (Å²) >= 11 is 6.42. The number of carbonyl (C=O) groups excluding carboxylic acids is 4. The maximum Gasteiger partial charge on any atom is 0.246 e. The van der Waals surface area contributed by atoms with Crippen LogP contribution in [0, 0.1) is 23.7 Å². The fourth-order valence-electron chi connectivity index (χ4n) is 9.99. The zero-order valence-electron chi connectivity index (χ0n) is 28.0. The van der Waals surface area contributed by atoms with Crippen molar-refractivity contribution in [2.24, 2.45) is 23.7 Å². The molecule has 9 nitrogen and oxygen atoms in total. The smallest absolute Gasteiger partial charge is 0.246 e. The quantitative estimate of drug-likeness (QED) is 0.230. The van der Waals surface area contributed by atoms with Crippen molar-refractivity contribution in [1.82, 2.24) is 4.90 Å². The number of rotatable bonds is 6. The molecule has 2 saturated heterocycles. The van der Waals surface area contributed by atoms with Gasteiger partial charge in [0.05, 0.1) is 43.1 Å². The van der Waals surface area contributed by atoms with Crippen LogP contribution in [0.1, 0.15) is 62.0 Å². The zero-order chi connectivity index (χ0) is 34.9. The Morgan fingerprint density at radius 3 is 2.18 bits per heavy atom. The molecule has 6 unspecified atom stereocenters. The van der Waals surface area contributed by atoms with Gasteiger partial charge in [0.25, 0.3) is 0 Å². The summed E-state index contributed by atoms with van der Waals surface area (Å²) in [6.07, 6.45) is 7.20. The number of hydrogen-bond donors (Lipinski definition) is 1. The molecule has 0 radical (unpaired) electrons. The number of benzene rings is 3. The van der Waals surface area contributed by atoms with E-state index in [9.17, 15) is 19.5 Å². The summed E-state index contributed by atoms with van der Waals surface area (Å²) in [5, 5.41) is 11.1. The summed E-state index contributed by atoms with van der Waals surface area (Å²) in [7, 11) is 2.97. The highest BCUT2D eigenvalue weighted by Crippen LogP contribution is 2.66. The number of fused-ring (bicyclic) bond motifs is 4. The molecule has 3 aliphatic carbocycles. The molecule has 4 amide bonds. The number of imide groups is 2. The number of phenols is 1. The fraction of sp³-hybridized carbons (Fsp3) is 0.400. The first kappa shape index (κ1) is 32.6. The summed E-state index contributed by atoms with van der Waals surface area (Å²) in [5.74, 6) is -4.16. The van der Waals surface area contributed by atoms with Crippen LogP contribution in [0.2, 0.25) is 5.02 Å². The maximum atomic E-state index is 15.5. The van der Waals surface area contributed by atoms with E-state index in [1.807, 2.05) is 36.4 Å². The number of amides is 4. The molecule has 2 heterocycles. The van der Waals surface area contributed by atoms with Gasteiger partial charge in [-0.25, -0.2) is 4.90 Å². The van der Waals surface area contributed by atoms with Crippen LogP contribution in [-0.2, 0) is 24.6 Å². The summed E-state index contributed by atoms with van der Waals surface area (Å²) < 4.78 is 11.8. The second-order valence-electron chi connectivity index (χ2n) is 14.2. The van der Waals surface area contributed by atoms with Crippen LogP contribution in [0.5, 0.6) is 17.2 Å². The van der Waals surface area contributed by atoms with Crippen molar-refractivity contribution in [1.29, 1.82) is 0 Å². The molecule has 1 N–H and O–H groups in total. The maximum absolute atomic E-state index is 15.5. The van der Waals surface area contributed by atoms with Crippen molar-refractivity contribution in [3.05, 3.63) is 94.5 Å². The molecule has 8 rings (SSSR count). The van der Waals surface area contributed by atoms with E-state index >= 15 is 4.79 Å². The van der Waals surface area contributed by atoms with E-state index in [-0.39, 0.29) is 41.5 Å². The normalized spacial score (nSPS) is 29.4. The average Bonchev–Trinajstić information content (AvgIpc) is 3.52. The molecule has 6 atom stereocenters. The second-order valence-corrected chi connectivity index (χ2v) is 14.6. The summed E-state index contributed by atoms with van der Waals surface area (Å²) in [5.41, 5.74) is 0.780. The van der Waals surface area contributed by atoms with Crippen LogP contribution < -0.4 is 14.4 Å². The molecule has 3 aromatic carbocycles. The van der Waals surface area contributed by atoms with Crippen molar-refractivity contribution < 1.29 is 33.8 Å². The number of aromatic hydroxyl groups is 1. The van der Waals surface area contributed by atoms with Gasteiger partial charge in [-0.1, -0.05) is 78.9 Å². The van der Waals surface area contributed by atoms with Gasteiger partial charge in [0, 0.05) is 34.7 Å². The SMILES string of the molecule is COc1cc(O)cc(OC)c1C1C2=CCC3C(=O)N(C4CCCCC4)C(=O)C3C2CC2C(=O)N(c3cccc(Cl)c3)C(=O)C21c1ccccc1. The largest absolute Gasteiger partial charge is 0.508 e. The molecule has 5 aliphatic rings. The van der Waals surface area contributed by atoms with Gasteiger partial charge in [0.1, 0.15) is 17.2 Å². The molecular weight excluding hydrogens is 656 g/mol. The molecule has 2 aliphatic heterocycles. The number of hydrogen-bond acceptors (Lipinski definition) is 7. The number of anilines is 1. The third-order valence-corrected chi connectivity index (χ3v) is 12.2. The van der Waals surface area contributed by atoms with Gasteiger partial charge in [0.2, 0.25) is 23.6 Å². The third-order valence-electron chi connectivity index (χ3n) is 12.0. The monoisotopic (exact) mass is 694 g/mol. The van der Waals surface area contributed by atoms with E-state index < -0.39 is 46.8 Å². The van der Waals surface area contributed by atoms with E-state index in [2.05, 4.69) is 0 Å². The number of nitrogens with zero attached hydrogens (tertiary/aromatic N) is 2.